The Morgan fingerprint density at radius 2 is 1.76 bits per heavy atom. The molecule has 1 unspecified atom stereocenters. The number of hydrogen-bond donors (Lipinski definition) is 1. The van der Waals surface area contributed by atoms with Gasteiger partial charge in [-0.25, -0.2) is 0 Å². The Morgan fingerprint density at radius 1 is 1.18 bits per heavy atom. The highest BCUT2D eigenvalue weighted by Gasteiger charge is 2.11. The van der Waals surface area contributed by atoms with Crippen molar-refractivity contribution in [1.82, 2.24) is 4.90 Å². The molecule has 0 saturated carbocycles. The second kappa shape index (κ2) is 6.62. The van der Waals surface area contributed by atoms with Crippen molar-refractivity contribution in [3.8, 4) is 5.75 Å². The van der Waals surface area contributed by atoms with Gasteiger partial charge >= 0.3 is 0 Å². The van der Waals surface area contributed by atoms with Gasteiger partial charge in [0.15, 0.2) is 0 Å². The van der Waals surface area contributed by atoms with Crippen LogP contribution in [0.4, 0.5) is 0 Å². The smallest absolute Gasteiger partial charge is 0.118 e. The van der Waals surface area contributed by atoms with Crippen LogP contribution < -0.4 is 4.74 Å². The molecule has 1 aromatic rings. The van der Waals surface area contributed by atoms with Gasteiger partial charge in [0.05, 0.1) is 13.2 Å². The molecule has 0 aliphatic carbocycles. The van der Waals surface area contributed by atoms with Crippen molar-refractivity contribution >= 4 is 0 Å². The predicted octanol–water partition coefficient (Wildman–Crippen LogP) is 2.32. The maximum atomic E-state index is 10.1. The van der Waals surface area contributed by atoms with Gasteiger partial charge in [0.2, 0.25) is 0 Å². The summed E-state index contributed by atoms with van der Waals surface area (Å²) in [5.41, 5.74) is 0.932. The fraction of sp³-hybridized carbons (Fsp3) is 0.571. The van der Waals surface area contributed by atoms with Crippen molar-refractivity contribution in [2.24, 2.45) is 5.92 Å². The summed E-state index contributed by atoms with van der Waals surface area (Å²) in [5, 5.41) is 10.1. The minimum Gasteiger partial charge on any atom is -0.497 e. The fourth-order valence-corrected chi connectivity index (χ4v) is 1.92. The average molecular weight is 237 g/mol. The van der Waals surface area contributed by atoms with Crippen LogP contribution in [0, 0.1) is 5.92 Å². The molecule has 0 aliphatic heterocycles. The summed E-state index contributed by atoms with van der Waals surface area (Å²) in [6.07, 6.45) is -0.440. The Kier molecular flexibility index (Phi) is 5.45. The van der Waals surface area contributed by atoms with Crippen LogP contribution in [0.15, 0.2) is 24.3 Å². The molecule has 3 heteroatoms. The summed E-state index contributed by atoms with van der Waals surface area (Å²) in [6, 6.07) is 7.57. The molecule has 1 rings (SSSR count). The van der Waals surface area contributed by atoms with E-state index >= 15 is 0 Å². The summed E-state index contributed by atoms with van der Waals surface area (Å²) >= 11 is 0. The number of benzene rings is 1. The maximum Gasteiger partial charge on any atom is 0.118 e. The third kappa shape index (κ3) is 4.75. The zero-order chi connectivity index (χ0) is 12.8. The summed E-state index contributed by atoms with van der Waals surface area (Å²) < 4.78 is 5.09. The minimum atomic E-state index is -0.440. The number of methoxy groups -OCH3 is 1. The molecule has 0 aliphatic rings. The number of ether oxygens (including phenoxy) is 1. The van der Waals surface area contributed by atoms with Crippen LogP contribution in [0.25, 0.3) is 0 Å². The quantitative estimate of drug-likeness (QED) is 0.824. The lowest BCUT2D eigenvalue weighted by Gasteiger charge is -2.22. The van der Waals surface area contributed by atoms with Gasteiger partial charge in [-0.2, -0.15) is 0 Å². The molecule has 0 amide bonds. The number of nitrogens with zero attached hydrogens (tertiary/aromatic N) is 1. The third-order valence-electron chi connectivity index (χ3n) is 2.66. The summed E-state index contributed by atoms with van der Waals surface area (Å²) in [7, 11) is 3.68. The lowest BCUT2D eigenvalue weighted by molar-refractivity contribution is 0.121. The summed E-state index contributed by atoms with van der Waals surface area (Å²) in [6.45, 7) is 6.00. The maximum absolute atomic E-state index is 10.1. The standard InChI is InChI=1S/C14H23NO2/c1-11(2)9-15(3)10-14(16)12-5-7-13(17-4)8-6-12/h5-8,11,14,16H,9-10H2,1-4H3. The Hall–Kier alpha value is -1.06. The van der Waals surface area contributed by atoms with Crippen molar-refractivity contribution in [3.05, 3.63) is 29.8 Å². The molecule has 0 heterocycles. The molecule has 0 radical (unpaired) electrons. The predicted molar refractivity (Wildman–Crippen MR) is 70.3 cm³/mol. The highest BCUT2D eigenvalue weighted by atomic mass is 16.5. The highest BCUT2D eigenvalue weighted by molar-refractivity contribution is 5.28. The van der Waals surface area contributed by atoms with Gasteiger partial charge in [-0.05, 0) is 30.7 Å². The van der Waals surface area contributed by atoms with Gasteiger partial charge in [-0.15, -0.1) is 0 Å². The molecule has 96 valence electrons. The van der Waals surface area contributed by atoms with Crippen LogP contribution >= 0.6 is 0 Å². The van der Waals surface area contributed by atoms with Crippen molar-refractivity contribution in [3.63, 3.8) is 0 Å². The third-order valence-corrected chi connectivity index (χ3v) is 2.66. The van der Waals surface area contributed by atoms with Crippen LogP contribution in [0.3, 0.4) is 0 Å². The van der Waals surface area contributed by atoms with E-state index in [2.05, 4.69) is 18.7 Å². The van der Waals surface area contributed by atoms with E-state index in [0.717, 1.165) is 17.9 Å². The van der Waals surface area contributed by atoms with Crippen molar-refractivity contribution in [2.75, 3.05) is 27.2 Å². The Labute approximate surface area is 104 Å². The zero-order valence-electron chi connectivity index (χ0n) is 11.2. The number of aliphatic hydroxyl groups is 1. The first-order valence-corrected chi connectivity index (χ1v) is 6.03. The molecule has 0 spiro atoms. The molecular formula is C14H23NO2. The van der Waals surface area contributed by atoms with Crippen LogP contribution in [0.5, 0.6) is 5.75 Å². The normalized spacial score (nSPS) is 13.1. The van der Waals surface area contributed by atoms with Crippen LogP contribution in [0.2, 0.25) is 0 Å². The van der Waals surface area contributed by atoms with Gasteiger partial charge in [-0.3, -0.25) is 0 Å². The number of likely N-dealkylation sites (N-methyl/N-ethyl adjacent to an activating group) is 1. The topological polar surface area (TPSA) is 32.7 Å². The molecule has 0 bridgehead atoms. The Morgan fingerprint density at radius 3 is 2.24 bits per heavy atom. The second-order valence-corrected chi connectivity index (χ2v) is 4.90. The lowest BCUT2D eigenvalue weighted by atomic mass is 10.1. The monoisotopic (exact) mass is 237 g/mol. The SMILES string of the molecule is COc1ccc(C(O)CN(C)CC(C)C)cc1. The lowest BCUT2D eigenvalue weighted by Crippen LogP contribution is -2.28. The van der Waals surface area contributed by atoms with Gasteiger partial charge in [0.1, 0.15) is 5.75 Å². The number of aliphatic hydroxyl groups excluding tert-OH is 1. The van der Waals surface area contributed by atoms with E-state index < -0.39 is 6.10 Å². The van der Waals surface area contributed by atoms with Crippen LogP contribution in [-0.2, 0) is 0 Å². The zero-order valence-corrected chi connectivity index (χ0v) is 11.2. The van der Waals surface area contributed by atoms with Crippen LogP contribution in [-0.4, -0.2) is 37.3 Å². The van der Waals surface area contributed by atoms with Crippen molar-refractivity contribution in [1.29, 1.82) is 0 Å². The molecule has 0 fully saturated rings. The van der Waals surface area contributed by atoms with E-state index in [0.29, 0.717) is 12.5 Å². The average Bonchev–Trinajstić information content (AvgIpc) is 2.28. The minimum absolute atomic E-state index is 0.440. The molecule has 1 aromatic carbocycles. The Balaban J connectivity index is 2.53. The largest absolute Gasteiger partial charge is 0.497 e. The number of rotatable bonds is 6. The van der Waals surface area contributed by atoms with Crippen molar-refractivity contribution in [2.45, 2.75) is 20.0 Å². The van der Waals surface area contributed by atoms with E-state index in [1.165, 1.54) is 0 Å². The molecule has 0 saturated heterocycles. The summed E-state index contributed by atoms with van der Waals surface area (Å²) in [4.78, 5) is 2.15. The van der Waals surface area contributed by atoms with Gasteiger partial charge < -0.3 is 14.7 Å². The Bertz CT molecular complexity index is 321. The molecule has 3 nitrogen and oxygen atoms in total. The van der Waals surface area contributed by atoms with E-state index in [9.17, 15) is 5.11 Å². The van der Waals surface area contributed by atoms with Gasteiger partial charge in [0.25, 0.3) is 0 Å². The first-order chi connectivity index (χ1) is 8.02. The van der Waals surface area contributed by atoms with E-state index in [1.54, 1.807) is 7.11 Å². The van der Waals surface area contributed by atoms with Gasteiger partial charge in [0, 0.05) is 13.1 Å². The summed E-state index contributed by atoms with van der Waals surface area (Å²) in [5.74, 6) is 1.43. The molecule has 0 aromatic heterocycles. The molecular weight excluding hydrogens is 214 g/mol. The van der Waals surface area contributed by atoms with E-state index in [-0.39, 0.29) is 0 Å². The molecule has 1 atom stereocenters. The van der Waals surface area contributed by atoms with Gasteiger partial charge in [-0.1, -0.05) is 26.0 Å². The van der Waals surface area contributed by atoms with E-state index in [4.69, 9.17) is 4.74 Å². The first kappa shape index (κ1) is 14.0. The van der Waals surface area contributed by atoms with E-state index in [1.807, 2.05) is 31.3 Å². The first-order valence-electron chi connectivity index (χ1n) is 6.03. The highest BCUT2D eigenvalue weighted by Crippen LogP contribution is 2.18. The second-order valence-electron chi connectivity index (χ2n) is 4.90. The van der Waals surface area contributed by atoms with Crippen molar-refractivity contribution < 1.29 is 9.84 Å². The molecule has 1 N–H and O–H groups in total. The van der Waals surface area contributed by atoms with Crippen LogP contribution in [0.1, 0.15) is 25.5 Å². The fourth-order valence-electron chi connectivity index (χ4n) is 1.92. The molecule has 17 heavy (non-hydrogen) atoms. The number of hydrogen-bond acceptors (Lipinski definition) is 3.